The van der Waals surface area contributed by atoms with Crippen LogP contribution in [-0.4, -0.2) is 73.5 Å². The summed E-state index contributed by atoms with van der Waals surface area (Å²) in [4.78, 5) is 17.3. The van der Waals surface area contributed by atoms with Gasteiger partial charge in [-0.15, -0.1) is 0 Å². The van der Waals surface area contributed by atoms with Gasteiger partial charge in [-0.25, -0.2) is 18.4 Å². The molecule has 9 heteroatoms. The Balaban J connectivity index is 1.41. The second-order valence-corrected chi connectivity index (χ2v) is 8.95. The third kappa shape index (κ3) is 5.04. The molecule has 8 nitrogen and oxygen atoms in total. The third-order valence-corrected chi connectivity index (χ3v) is 6.64. The topological polar surface area (TPSA) is 105 Å². The predicted octanol–water partition coefficient (Wildman–Crippen LogP) is 0.128. The fraction of sp³-hybridized carbons (Fsp3) is 0.688. The highest BCUT2D eigenvalue weighted by Gasteiger charge is 2.23. The van der Waals surface area contributed by atoms with Crippen molar-refractivity contribution in [3.05, 3.63) is 18.5 Å². The number of hydrogen-bond donors (Lipinski definition) is 1. The minimum Gasteiger partial charge on any atom is -0.370 e. The molecule has 0 amide bonds. The number of nitrogens with two attached hydrogens (primary N) is 1. The predicted molar refractivity (Wildman–Crippen MR) is 98.3 cm³/mol. The van der Waals surface area contributed by atoms with Crippen LogP contribution in [0.1, 0.15) is 19.3 Å². The molecule has 1 aromatic rings. The number of sulfone groups is 1. The third-order valence-electron chi connectivity index (χ3n) is 4.92. The molecule has 0 aromatic carbocycles. The van der Waals surface area contributed by atoms with Gasteiger partial charge in [0.2, 0.25) is 5.95 Å². The Hall–Kier alpha value is -1.90. The largest absolute Gasteiger partial charge is 0.370 e. The van der Waals surface area contributed by atoms with Crippen molar-refractivity contribution in [2.75, 3.05) is 49.1 Å². The van der Waals surface area contributed by atoms with E-state index in [0.29, 0.717) is 29.9 Å². The van der Waals surface area contributed by atoms with Gasteiger partial charge < -0.3 is 15.5 Å². The quantitative estimate of drug-likeness (QED) is 0.596. The first-order valence-electron chi connectivity index (χ1n) is 8.81. The number of aliphatic imine (C=N–C) groups is 1. The maximum Gasteiger partial charge on any atom is 0.225 e. The van der Waals surface area contributed by atoms with E-state index in [1.807, 2.05) is 6.07 Å². The molecule has 2 aliphatic rings. The average molecular weight is 366 g/mol. The smallest absolute Gasteiger partial charge is 0.225 e. The highest BCUT2D eigenvalue weighted by atomic mass is 32.2. The van der Waals surface area contributed by atoms with Crippen LogP contribution in [0.5, 0.6) is 0 Å². The van der Waals surface area contributed by atoms with Crippen molar-refractivity contribution in [3.8, 4) is 0 Å². The van der Waals surface area contributed by atoms with Crippen molar-refractivity contribution in [2.45, 2.75) is 19.3 Å². The summed E-state index contributed by atoms with van der Waals surface area (Å²) in [7, 11) is -2.79. The maximum absolute atomic E-state index is 11.4. The van der Waals surface area contributed by atoms with Crippen LogP contribution in [0, 0.1) is 5.92 Å². The van der Waals surface area contributed by atoms with Crippen LogP contribution in [0.25, 0.3) is 0 Å². The van der Waals surface area contributed by atoms with E-state index in [0.717, 1.165) is 51.4 Å². The highest BCUT2D eigenvalue weighted by molar-refractivity contribution is 7.91. The summed E-state index contributed by atoms with van der Waals surface area (Å²) in [6.45, 7) is 3.91. The Morgan fingerprint density at radius 3 is 2.44 bits per heavy atom. The summed E-state index contributed by atoms with van der Waals surface area (Å²) >= 11 is 0. The fourth-order valence-corrected chi connectivity index (χ4v) is 4.87. The molecule has 2 aliphatic heterocycles. The first-order chi connectivity index (χ1) is 12.0. The Kier molecular flexibility index (Phi) is 5.72. The molecular formula is C16H26N6O2S. The van der Waals surface area contributed by atoms with Crippen molar-refractivity contribution >= 4 is 21.7 Å². The molecule has 0 aliphatic carbocycles. The average Bonchev–Trinajstić information content (AvgIpc) is 2.64. The van der Waals surface area contributed by atoms with Gasteiger partial charge in [-0.3, -0.25) is 4.99 Å². The Morgan fingerprint density at radius 2 is 1.80 bits per heavy atom. The minimum absolute atomic E-state index is 0.320. The SMILES string of the molecule is NC(=NCCC1CCS(=O)(=O)CC1)N1CCN(c2ncccn2)CC1. The van der Waals surface area contributed by atoms with Crippen molar-refractivity contribution in [1.29, 1.82) is 0 Å². The second kappa shape index (κ2) is 7.99. The number of guanidine groups is 1. The summed E-state index contributed by atoms with van der Waals surface area (Å²) in [5.41, 5.74) is 6.12. The molecule has 2 N–H and O–H groups in total. The lowest BCUT2D eigenvalue weighted by molar-refractivity contribution is 0.376. The second-order valence-electron chi connectivity index (χ2n) is 6.65. The van der Waals surface area contributed by atoms with E-state index < -0.39 is 9.84 Å². The Bertz CT molecular complexity index is 672. The van der Waals surface area contributed by atoms with Crippen LogP contribution in [0.15, 0.2) is 23.5 Å². The summed E-state index contributed by atoms with van der Waals surface area (Å²) in [5.74, 6) is 2.43. The summed E-state index contributed by atoms with van der Waals surface area (Å²) in [5, 5.41) is 0. The molecule has 2 fully saturated rings. The zero-order valence-electron chi connectivity index (χ0n) is 14.4. The molecule has 0 unspecified atom stereocenters. The molecule has 25 heavy (non-hydrogen) atoms. The molecule has 0 bridgehead atoms. The van der Waals surface area contributed by atoms with Gasteiger partial charge in [-0.2, -0.15) is 0 Å². The molecule has 0 radical (unpaired) electrons. The van der Waals surface area contributed by atoms with Gasteiger partial charge in [0, 0.05) is 45.1 Å². The summed E-state index contributed by atoms with van der Waals surface area (Å²) in [6.07, 6.45) is 5.93. The lowest BCUT2D eigenvalue weighted by Gasteiger charge is -2.35. The molecule has 2 saturated heterocycles. The molecule has 3 heterocycles. The van der Waals surface area contributed by atoms with E-state index in [1.54, 1.807) is 12.4 Å². The molecule has 3 rings (SSSR count). The number of nitrogens with zero attached hydrogens (tertiary/aromatic N) is 5. The number of aromatic nitrogens is 2. The van der Waals surface area contributed by atoms with E-state index in [9.17, 15) is 8.42 Å². The lowest BCUT2D eigenvalue weighted by Crippen LogP contribution is -2.51. The molecule has 0 spiro atoms. The van der Waals surface area contributed by atoms with Crippen LogP contribution in [0.2, 0.25) is 0 Å². The van der Waals surface area contributed by atoms with E-state index in [2.05, 4.69) is 24.8 Å². The van der Waals surface area contributed by atoms with Crippen LogP contribution < -0.4 is 10.6 Å². The molecule has 0 atom stereocenters. The fourth-order valence-electron chi connectivity index (χ4n) is 3.28. The summed E-state index contributed by atoms with van der Waals surface area (Å²) in [6, 6.07) is 1.81. The van der Waals surface area contributed by atoms with Crippen molar-refractivity contribution in [3.63, 3.8) is 0 Å². The Labute approximate surface area is 149 Å². The van der Waals surface area contributed by atoms with Gasteiger partial charge in [0.25, 0.3) is 0 Å². The van der Waals surface area contributed by atoms with Crippen molar-refractivity contribution < 1.29 is 8.42 Å². The number of hydrogen-bond acceptors (Lipinski definition) is 6. The van der Waals surface area contributed by atoms with Crippen molar-refractivity contribution in [1.82, 2.24) is 14.9 Å². The zero-order valence-corrected chi connectivity index (χ0v) is 15.2. The van der Waals surface area contributed by atoms with Crippen LogP contribution in [-0.2, 0) is 9.84 Å². The van der Waals surface area contributed by atoms with Gasteiger partial charge >= 0.3 is 0 Å². The molecular weight excluding hydrogens is 340 g/mol. The van der Waals surface area contributed by atoms with E-state index in [-0.39, 0.29) is 0 Å². The Morgan fingerprint density at radius 1 is 1.16 bits per heavy atom. The van der Waals surface area contributed by atoms with Gasteiger partial charge in [0.15, 0.2) is 5.96 Å². The first-order valence-corrected chi connectivity index (χ1v) is 10.6. The number of rotatable bonds is 4. The molecule has 0 saturated carbocycles. The van der Waals surface area contributed by atoms with E-state index in [4.69, 9.17) is 5.73 Å². The lowest BCUT2D eigenvalue weighted by atomic mass is 9.99. The number of piperazine rings is 1. The maximum atomic E-state index is 11.4. The van der Waals surface area contributed by atoms with E-state index >= 15 is 0 Å². The normalized spacial score (nSPS) is 22.2. The molecule has 1 aromatic heterocycles. The van der Waals surface area contributed by atoms with Crippen LogP contribution >= 0.6 is 0 Å². The first kappa shape index (κ1) is 17.9. The van der Waals surface area contributed by atoms with Gasteiger partial charge in [-0.1, -0.05) is 0 Å². The number of anilines is 1. The van der Waals surface area contributed by atoms with E-state index in [1.165, 1.54) is 0 Å². The standard InChI is InChI=1S/C16H26N6O2S/c17-15(18-7-2-14-3-12-25(23,24)13-4-14)21-8-10-22(11-9-21)16-19-5-1-6-20-16/h1,5-6,14H,2-4,7-13H2,(H2,17,18). The van der Waals surface area contributed by atoms with Crippen LogP contribution in [0.3, 0.4) is 0 Å². The van der Waals surface area contributed by atoms with Gasteiger partial charge in [0.1, 0.15) is 9.84 Å². The van der Waals surface area contributed by atoms with Gasteiger partial charge in [0.05, 0.1) is 11.5 Å². The highest BCUT2D eigenvalue weighted by Crippen LogP contribution is 2.21. The van der Waals surface area contributed by atoms with Crippen molar-refractivity contribution in [2.24, 2.45) is 16.6 Å². The monoisotopic (exact) mass is 366 g/mol. The molecule has 138 valence electrons. The summed E-state index contributed by atoms with van der Waals surface area (Å²) < 4.78 is 22.9. The minimum atomic E-state index is -2.79. The zero-order chi connectivity index (χ0) is 17.7. The van der Waals surface area contributed by atoms with Crippen LogP contribution in [0.4, 0.5) is 5.95 Å². The van der Waals surface area contributed by atoms with Gasteiger partial charge in [-0.05, 0) is 31.2 Å².